The van der Waals surface area contributed by atoms with Gasteiger partial charge in [0.15, 0.2) is 0 Å². The minimum Gasteiger partial charge on any atom is -0.496 e. The van der Waals surface area contributed by atoms with E-state index < -0.39 is 0 Å². The lowest BCUT2D eigenvalue weighted by atomic mass is 10.0. The third-order valence-electron chi connectivity index (χ3n) is 3.64. The highest BCUT2D eigenvalue weighted by molar-refractivity contribution is 5.77. The number of amides is 1. The SMILES string of the molecule is COc1ccccc1C(N)CC(=O)N1CCCCC1. The van der Waals surface area contributed by atoms with Crippen molar-refractivity contribution in [3.63, 3.8) is 0 Å². The number of rotatable bonds is 4. The number of carbonyl (C=O) groups is 1. The van der Waals surface area contributed by atoms with E-state index in [1.165, 1.54) is 6.42 Å². The van der Waals surface area contributed by atoms with Gasteiger partial charge in [-0.1, -0.05) is 18.2 Å². The van der Waals surface area contributed by atoms with Crippen molar-refractivity contribution in [1.29, 1.82) is 0 Å². The molecule has 2 N–H and O–H groups in total. The smallest absolute Gasteiger partial charge is 0.224 e. The molecule has 1 heterocycles. The lowest BCUT2D eigenvalue weighted by molar-refractivity contribution is -0.132. The Morgan fingerprint density at radius 1 is 1.32 bits per heavy atom. The van der Waals surface area contributed by atoms with Crippen LogP contribution in [0.1, 0.15) is 37.3 Å². The number of likely N-dealkylation sites (tertiary alicyclic amines) is 1. The predicted molar refractivity (Wildman–Crippen MR) is 75.0 cm³/mol. The topological polar surface area (TPSA) is 55.6 Å². The maximum atomic E-state index is 12.2. The van der Waals surface area contributed by atoms with Gasteiger partial charge in [-0.05, 0) is 25.3 Å². The van der Waals surface area contributed by atoms with Crippen molar-refractivity contribution in [3.8, 4) is 5.75 Å². The molecule has 1 aliphatic heterocycles. The molecule has 1 fully saturated rings. The molecule has 1 atom stereocenters. The van der Waals surface area contributed by atoms with Crippen LogP contribution >= 0.6 is 0 Å². The van der Waals surface area contributed by atoms with Gasteiger partial charge in [-0.25, -0.2) is 0 Å². The molecule has 1 aromatic rings. The van der Waals surface area contributed by atoms with Gasteiger partial charge in [0, 0.05) is 31.1 Å². The van der Waals surface area contributed by atoms with Crippen molar-refractivity contribution in [1.82, 2.24) is 4.90 Å². The molecule has 0 aromatic heterocycles. The van der Waals surface area contributed by atoms with Gasteiger partial charge in [-0.15, -0.1) is 0 Å². The Kier molecular flexibility index (Phi) is 4.80. The molecule has 1 saturated heterocycles. The predicted octanol–water partition coefficient (Wildman–Crippen LogP) is 2.10. The first kappa shape index (κ1) is 13.9. The molecule has 2 rings (SSSR count). The van der Waals surface area contributed by atoms with E-state index in [0.717, 1.165) is 37.2 Å². The van der Waals surface area contributed by atoms with Crippen LogP contribution in [0.25, 0.3) is 0 Å². The third-order valence-corrected chi connectivity index (χ3v) is 3.64. The zero-order valence-electron chi connectivity index (χ0n) is 11.5. The number of ether oxygens (including phenoxy) is 1. The molecular formula is C15H22N2O2. The summed E-state index contributed by atoms with van der Waals surface area (Å²) in [6.45, 7) is 1.74. The van der Waals surface area contributed by atoms with Crippen LogP contribution in [-0.4, -0.2) is 31.0 Å². The first-order valence-electron chi connectivity index (χ1n) is 6.88. The largest absolute Gasteiger partial charge is 0.496 e. The Hall–Kier alpha value is -1.55. The van der Waals surface area contributed by atoms with E-state index in [1.807, 2.05) is 29.2 Å². The summed E-state index contributed by atoms with van der Waals surface area (Å²) < 4.78 is 5.29. The Bertz CT molecular complexity index is 428. The average Bonchev–Trinajstić information content (AvgIpc) is 2.48. The molecule has 0 saturated carbocycles. The molecule has 4 heteroatoms. The summed E-state index contributed by atoms with van der Waals surface area (Å²) in [4.78, 5) is 14.1. The number of nitrogens with two attached hydrogens (primary N) is 1. The molecular weight excluding hydrogens is 240 g/mol. The summed E-state index contributed by atoms with van der Waals surface area (Å²) in [5, 5.41) is 0. The van der Waals surface area contributed by atoms with Crippen molar-refractivity contribution < 1.29 is 9.53 Å². The number of piperidine rings is 1. The van der Waals surface area contributed by atoms with Crippen LogP contribution in [0.3, 0.4) is 0 Å². The second-order valence-corrected chi connectivity index (χ2v) is 4.99. The zero-order chi connectivity index (χ0) is 13.7. The number of para-hydroxylation sites is 1. The average molecular weight is 262 g/mol. The fraction of sp³-hybridized carbons (Fsp3) is 0.533. The fourth-order valence-electron chi connectivity index (χ4n) is 2.54. The van der Waals surface area contributed by atoms with Gasteiger partial charge in [0.2, 0.25) is 5.91 Å². The lowest BCUT2D eigenvalue weighted by Crippen LogP contribution is -2.37. The van der Waals surface area contributed by atoms with Crippen molar-refractivity contribution in [2.45, 2.75) is 31.7 Å². The molecule has 1 aliphatic rings. The number of carbonyl (C=O) groups excluding carboxylic acids is 1. The van der Waals surface area contributed by atoms with Crippen LogP contribution in [-0.2, 0) is 4.79 Å². The highest BCUT2D eigenvalue weighted by Gasteiger charge is 2.21. The van der Waals surface area contributed by atoms with Crippen LogP contribution in [0.15, 0.2) is 24.3 Å². The number of benzene rings is 1. The standard InChI is InChI=1S/C15H22N2O2/c1-19-14-8-4-3-7-12(14)13(16)11-15(18)17-9-5-2-6-10-17/h3-4,7-8,13H,2,5-6,9-11,16H2,1H3. The van der Waals surface area contributed by atoms with Gasteiger partial charge in [0.05, 0.1) is 7.11 Å². The summed E-state index contributed by atoms with van der Waals surface area (Å²) in [6, 6.07) is 7.32. The monoisotopic (exact) mass is 262 g/mol. The minimum atomic E-state index is -0.300. The van der Waals surface area contributed by atoms with Gasteiger partial charge in [-0.3, -0.25) is 4.79 Å². The Morgan fingerprint density at radius 3 is 2.68 bits per heavy atom. The van der Waals surface area contributed by atoms with E-state index in [-0.39, 0.29) is 11.9 Å². The van der Waals surface area contributed by atoms with Crippen LogP contribution in [0.5, 0.6) is 5.75 Å². The molecule has 1 unspecified atom stereocenters. The van der Waals surface area contributed by atoms with E-state index in [1.54, 1.807) is 7.11 Å². The van der Waals surface area contributed by atoms with Gasteiger partial charge in [0.25, 0.3) is 0 Å². The van der Waals surface area contributed by atoms with E-state index in [4.69, 9.17) is 10.5 Å². The quantitative estimate of drug-likeness (QED) is 0.904. The molecule has 4 nitrogen and oxygen atoms in total. The molecule has 1 amide bonds. The number of hydrogen-bond donors (Lipinski definition) is 1. The van der Waals surface area contributed by atoms with E-state index in [9.17, 15) is 4.79 Å². The maximum absolute atomic E-state index is 12.2. The lowest BCUT2D eigenvalue weighted by Gasteiger charge is -2.28. The minimum absolute atomic E-state index is 0.151. The molecule has 0 bridgehead atoms. The molecule has 19 heavy (non-hydrogen) atoms. The highest BCUT2D eigenvalue weighted by atomic mass is 16.5. The zero-order valence-corrected chi connectivity index (χ0v) is 11.5. The van der Waals surface area contributed by atoms with Crippen LogP contribution in [0.4, 0.5) is 0 Å². The van der Waals surface area contributed by atoms with Crippen LogP contribution < -0.4 is 10.5 Å². The summed E-state index contributed by atoms with van der Waals surface area (Å²) in [7, 11) is 1.62. The van der Waals surface area contributed by atoms with Gasteiger partial charge in [0.1, 0.15) is 5.75 Å². The Labute approximate surface area is 114 Å². The van der Waals surface area contributed by atoms with Gasteiger partial charge < -0.3 is 15.4 Å². The second-order valence-electron chi connectivity index (χ2n) is 4.99. The van der Waals surface area contributed by atoms with Crippen LogP contribution in [0, 0.1) is 0 Å². The van der Waals surface area contributed by atoms with Gasteiger partial charge in [-0.2, -0.15) is 0 Å². The maximum Gasteiger partial charge on any atom is 0.224 e. The summed E-state index contributed by atoms with van der Waals surface area (Å²) in [5.74, 6) is 0.902. The van der Waals surface area contributed by atoms with E-state index >= 15 is 0 Å². The van der Waals surface area contributed by atoms with E-state index in [0.29, 0.717) is 6.42 Å². The normalized spacial score (nSPS) is 17.1. The van der Waals surface area contributed by atoms with Crippen LogP contribution in [0.2, 0.25) is 0 Å². The first-order chi connectivity index (χ1) is 9.22. The van der Waals surface area contributed by atoms with Gasteiger partial charge >= 0.3 is 0 Å². The van der Waals surface area contributed by atoms with E-state index in [2.05, 4.69) is 0 Å². The highest BCUT2D eigenvalue weighted by Crippen LogP contribution is 2.26. The summed E-state index contributed by atoms with van der Waals surface area (Å²) >= 11 is 0. The Balaban J connectivity index is 1.99. The molecule has 1 aromatic carbocycles. The van der Waals surface area contributed by atoms with Crippen molar-refractivity contribution in [3.05, 3.63) is 29.8 Å². The molecule has 104 valence electrons. The number of nitrogens with zero attached hydrogens (tertiary/aromatic N) is 1. The van der Waals surface area contributed by atoms with Crippen molar-refractivity contribution in [2.75, 3.05) is 20.2 Å². The van der Waals surface area contributed by atoms with Crippen molar-refractivity contribution in [2.24, 2.45) is 5.73 Å². The Morgan fingerprint density at radius 2 is 2.00 bits per heavy atom. The number of methoxy groups -OCH3 is 1. The third kappa shape index (κ3) is 3.47. The molecule has 0 spiro atoms. The fourth-order valence-corrected chi connectivity index (χ4v) is 2.54. The first-order valence-corrected chi connectivity index (χ1v) is 6.88. The molecule has 0 aliphatic carbocycles. The summed E-state index contributed by atoms with van der Waals surface area (Å²) in [5.41, 5.74) is 7.05. The number of hydrogen-bond acceptors (Lipinski definition) is 3. The van der Waals surface area contributed by atoms with Crippen molar-refractivity contribution >= 4 is 5.91 Å². The second kappa shape index (κ2) is 6.57. The summed E-state index contributed by atoms with van der Waals surface area (Å²) in [6.07, 6.45) is 3.79. The molecule has 0 radical (unpaired) electrons.